The summed E-state index contributed by atoms with van der Waals surface area (Å²) in [7, 11) is 0. The van der Waals surface area contributed by atoms with Gasteiger partial charge in [-0.15, -0.1) is 0 Å². The number of amides is 2. The van der Waals surface area contributed by atoms with Crippen molar-refractivity contribution in [3.8, 4) is 0 Å². The Balaban J connectivity index is 1.29. The normalized spacial score (nSPS) is 19.2. The molecule has 7 nitrogen and oxygen atoms in total. The van der Waals surface area contributed by atoms with Gasteiger partial charge in [0.1, 0.15) is 5.82 Å². The summed E-state index contributed by atoms with van der Waals surface area (Å²) in [5, 5.41) is 12.5. The lowest BCUT2D eigenvalue weighted by molar-refractivity contribution is -0.146. The number of para-hydroxylation sites is 1. The summed E-state index contributed by atoms with van der Waals surface area (Å²) in [6.07, 6.45) is 0.496. The Bertz CT molecular complexity index is 962. The van der Waals surface area contributed by atoms with Crippen molar-refractivity contribution in [3.05, 3.63) is 65.5 Å². The van der Waals surface area contributed by atoms with Crippen molar-refractivity contribution in [1.82, 2.24) is 15.1 Å². The second kappa shape index (κ2) is 10.1. The Morgan fingerprint density at radius 2 is 1.66 bits per heavy atom. The molecule has 2 fully saturated rings. The Morgan fingerprint density at radius 3 is 2.34 bits per heavy atom. The number of hydrogen-bond acceptors (Lipinski definition) is 5. The lowest BCUT2D eigenvalue weighted by atomic mass is 10.1. The van der Waals surface area contributed by atoms with Crippen molar-refractivity contribution >= 4 is 17.5 Å². The molecule has 0 spiro atoms. The van der Waals surface area contributed by atoms with Crippen LogP contribution in [0.2, 0.25) is 0 Å². The van der Waals surface area contributed by atoms with E-state index in [1.165, 1.54) is 11.0 Å². The van der Waals surface area contributed by atoms with Crippen LogP contribution in [0.3, 0.4) is 0 Å². The Labute approximate surface area is 187 Å². The Kier molecular flexibility index (Phi) is 7.02. The molecule has 2 amide bonds. The molecule has 0 aliphatic carbocycles. The molecule has 2 heterocycles. The fourth-order valence-corrected chi connectivity index (χ4v) is 4.33. The van der Waals surface area contributed by atoms with E-state index in [9.17, 15) is 19.1 Å². The summed E-state index contributed by atoms with van der Waals surface area (Å²) in [5.41, 5.74) is 2.55. The van der Waals surface area contributed by atoms with Crippen LogP contribution in [-0.2, 0) is 22.7 Å². The maximum atomic E-state index is 14.0. The van der Waals surface area contributed by atoms with Crippen LogP contribution in [0.15, 0.2) is 48.5 Å². The van der Waals surface area contributed by atoms with E-state index in [2.05, 4.69) is 10.2 Å². The molecule has 32 heavy (non-hydrogen) atoms. The molecule has 1 unspecified atom stereocenters. The van der Waals surface area contributed by atoms with Crippen LogP contribution in [0.1, 0.15) is 17.5 Å². The monoisotopic (exact) mass is 440 g/mol. The van der Waals surface area contributed by atoms with Gasteiger partial charge in [-0.05, 0) is 29.7 Å². The third-order valence-corrected chi connectivity index (χ3v) is 6.15. The van der Waals surface area contributed by atoms with Gasteiger partial charge in [0.25, 0.3) is 0 Å². The van der Waals surface area contributed by atoms with E-state index in [4.69, 9.17) is 0 Å². The number of aliphatic hydroxyl groups is 1. The number of carbonyl (C=O) groups excluding carboxylic acids is 2. The highest BCUT2D eigenvalue weighted by molar-refractivity contribution is 6.35. The van der Waals surface area contributed by atoms with Crippen LogP contribution in [-0.4, -0.2) is 72.1 Å². The van der Waals surface area contributed by atoms with Gasteiger partial charge in [0, 0.05) is 52.4 Å². The zero-order chi connectivity index (χ0) is 22.5. The van der Waals surface area contributed by atoms with Gasteiger partial charge in [-0.25, -0.2) is 4.39 Å². The first kappa shape index (κ1) is 22.2. The van der Waals surface area contributed by atoms with Gasteiger partial charge in [-0.2, -0.15) is 0 Å². The second-order valence-electron chi connectivity index (χ2n) is 8.36. The van der Waals surface area contributed by atoms with Crippen LogP contribution < -0.4 is 10.2 Å². The molecule has 0 saturated carbocycles. The number of piperazine rings is 1. The molecule has 4 rings (SSSR count). The van der Waals surface area contributed by atoms with Crippen LogP contribution in [0.5, 0.6) is 0 Å². The third-order valence-electron chi connectivity index (χ3n) is 6.15. The number of nitrogens with zero attached hydrogens (tertiary/aromatic N) is 3. The van der Waals surface area contributed by atoms with E-state index in [-0.39, 0.29) is 18.5 Å². The molecule has 0 radical (unpaired) electrons. The van der Waals surface area contributed by atoms with Gasteiger partial charge in [-0.3, -0.25) is 14.5 Å². The van der Waals surface area contributed by atoms with Crippen molar-refractivity contribution in [2.45, 2.75) is 25.6 Å². The van der Waals surface area contributed by atoms with Gasteiger partial charge >= 0.3 is 11.8 Å². The SMILES string of the molecule is O=C(NCc1ccccc1CN1CCC(O)C1)C(=O)N1CCN(c2ccccc2F)CC1. The maximum Gasteiger partial charge on any atom is 0.312 e. The first-order valence-corrected chi connectivity index (χ1v) is 11.0. The molecular weight excluding hydrogens is 411 g/mol. The number of benzene rings is 2. The fourth-order valence-electron chi connectivity index (χ4n) is 4.33. The number of likely N-dealkylation sites (tertiary alicyclic amines) is 1. The molecule has 170 valence electrons. The van der Waals surface area contributed by atoms with Crippen LogP contribution in [0.4, 0.5) is 10.1 Å². The third kappa shape index (κ3) is 5.26. The predicted molar refractivity (Wildman–Crippen MR) is 119 cm³/mol. The summed E-state index contributed by atoms with van der Waals surface area (Å²) in [5.74, 6) is -1.47. The van der Waals surface area contributed by atoms with E-state index >= 15 is 0 Å². The number of anilines is 1. The van der Waals surface area contributed by atoms with Crippen molar-refractivity contribution in [2.24, 2.45) is 0 Å². The Hall–Kier alpha value is -2.97. The molecule has 2 aliphatic rings. The van der Waals surface area contributed by atoms with E-state index in [1.54, 1.807) is 18.2 Å². The van der Waals surface area contributed by atoms with E-state index in [0.29, 0.717) is 45.0 Å². The summed E-state index contributed by atoms with van der Waals surface area (Å²) >= 11 is 0. The molecular formula is C24H29FN4O3. The molecule has 2 aromatic rings. The van der Waals surface area contributed by atoms with Gasteiger partial charge in [0.15, 0.2) is 0 Å². The fraction of sp³-hybridized carbons (Fsp3) is 0.417. The molecule has 2 aromatic carbocycles. The van der Waals surface area contributed by atoms with E-state index in [0.717, 1.165) is 24.1 Å². The molecule has 0 bridgehead atoms. The zero-order valence-electron chi connectivity index (χ0n) is 18.0. The molecule has 8 heteroatoms. The lowest BCUT2D eigenvalue weighted by Crippen LogP contribution is -2.52. The lowest BCUT2D eigenvalue weighted by Gasteiger charge is -2.35. The number of hydrogen-bond donors (Lipinski definition) is 2. The molecule has 2 saturated heterocycles. The van der Waals surface area contributed by atoms with Gasteiger partial charge < -0.3 is 20.2 Å². The minimum atomic E-state index is -0.629. The molecule has 0 aromatic heterocycles. The number of rotatable bonds is 5. The smallest absolute Gasteiger partial charge is 0.312 e. The van der Waals surface area contributed by atoms with Gasteiger partial charge in [-0.1, -0.05) is 36.4 Å². The minimum Gasteiger partial charge on any atom is -0.392 e. The van der Waals surface area contributed by atoms with E-state index < -0.39 is 11.8 Å². The van der Waals surface area contributed by atoms with Crippen molar-refractivity contribution in [3.63, 3.8) is 0 Å². The maximum absolute atomic E-state index is 14.0. The van der Waals surface area contributed by atoms with Crippen LogP contribution >= 0.6 is 0 Å². The predicted octanol–water partition coefficient (Wildman–Crippen LogP) is 1.36. The molecule has 2 aliphatic heterocycles. The van der Waals surface area contributed by atoms with Crippen molar-refractivity contribution < 1.29 is 19.1 Å². The number of halogens is 1. The highest BCUT2D eigenvalue weighted by Gasteiger charge is 2.27. The second-order valence-corrected chi connectivity index (χ2v) is 8.36. The van der Waals surface area contributed by atoms with Crippen molar-refractivity contribution in [1.29, 1.82) is 0 Å². The number of carbonyl (C=O) groups is 2. The highest BCUT2D eigenvalue weighted by Crippen LogP contribution is 2.20. The number of aliphatic hydroxyl groups excluding tert-OH is 1. The largest absolute Gasteiger partial charge is 0.392 e. The topological polar surface area (TPSA) is 76.1 Å². The first-order chi connectivity index (χ1) is 15.5. The highest BCUT2D eigenvalue weighted by atomic mass is 19.1. The summed E-state index contributed by atoms with van der Waals surface area (Å²) in [4.78, 5) is 30.7. The molecule has 1 atom stereocenters. The average molecular weight is 441 g/mol. The summed E-state index contributed by atoms with van der Waals surface area (Å²) in [6, 6.07) is 14.4. The summed E-state index contributed by atoms with van der Waals surface area (Å²) < 4.78 is 14.0. The zero-order valence-corrected chi connectivity index (χ0v) is 18.0. The van der Waals surface area contributed by atoms with Crippen LogP contribution in [0, 0.1) is 5.82 Å². The summed E-state index contributed by atoms with van der Waals surface area (Å²) in [6.45, 7) is 4.16. The standard InChI is InChI=1S/C24H29FN4O3/c25-21-7-3-4-8-22(21)28-11-13-29(14-12-28)24(32)23(31)26-15-18-5-1-2-6-19(18)16-27-10-9-20(30)17-27/h1-8,20,30H,9-17H2,(H,26,31). The van der Waals surface area contributed by atoms with Crippen LogP contribution in [0.25, 0.3) is 0 Å². The van der Waals surface area contributed by atoms with Gasteiger partial charge in [0.2, 0.25) is 0 Å². The number of β-amino-alcohol motifs (C(OH)–C–C–N with tert-alkyl or cyclic N) is 1. The number of nitrogens with one attached hydrogen (secondary N) is 1. The Morgan fingerprint density at radius 1 is 0.969 bits per heavy atom. The first-order valence-electron chi connectivity index (χ1n) is 11.0. The van der Waals surface area contributed by atoms with E-state index in [1.807, 2.05) is 29.2 Å². The minimum absolute atomic E-state index is 0.270. The van der Waals surface area contributed by atoms with Crippen molar-refractivity contribution in [2.75, 3.05) is 44.2 Å². The molecule has 2 N–H and O–H groups in total. The van der Waals surface area contributed by atoms with Gasteiger partial charge in [0.05, 0.1) is 11.8 Å². The average Bonchev–Trinajstić information content (AvgIpc) is 3.22. The quantitative estimate of drug-likeness (QED) is 0.687.